The van der Waals surface area contributed by atoms with E-state index in [1.807, 2.05) is 18.2 Å². The minimum absolute atomic E-state index is 0.0627. The Morgan fingerprint density at radius 1 is 1.35 bits per heavy atom. The van der Waals surface area contributed by atoms with Gasteiger partial charge in [-0.3, -0.25) is 4.79 Å². The van der Waals surface area contributed by atoms with Gasteiger partial charge in [0.25, 0.3) is 5.91 Å². The van der Waals surface area contributed by atoms with Crippen molar-refractivity contribution in [2.45, 2.75) is 38.3 Å². The number of aryl methyl sites for hydroxylation is 1. The number of hydrogen-bond acceptors (Lipinski definition) is 4. The maximum absolute atomic E-state index is 12.0. The number of ether oxygens (including phenoxy) is 1. The van der Waals surface area contributed by atoms with E-state index in [-0.39, 0.29) is 18.6 Å². The Balaban J connectivity index is 1.84. The normalized spacial score (nSPS) is 17.5. The van der Waals surface area contributed by atoms with Crippen LogP contribution in [0.5, 0.6) is 0 Å². The monoisotopic (exact) mass is 319 g/mol. The summed E-state index contributed by atoms with van der Waals surface area (Å²) in [6.07, 6.45) is 2.87. The Morgan fingerprint density at radius 3 is 2.83 bits per heavy atom. The third-order valence-electron chi connectivity index (χ3n) is 3.76. The van der Waals surface area contributed by atoms with Gasteiger partial charge < -0.3 is 21.1 Å². The number of primary amides is 1. The van der Waals surface area contributed by atoms with Crippen LogP contribution in [-0.4, -0.2) is 30.6 Å². The number of benzene rings is 1. The molecule has 124 valence electrons. The van der Waals surface area contributed by atoms with Crippen molar-refractivity contribution in [1.29, 1.82) is 0 Å². The lowest BCUT2D eigenvalue weighted by atomic mass is 9.88. The van der Waals surface area contributed by atoms with Gasteiger partial charge in [-0.1, -0.05) is 24.3 Å². The Hall–Kier alpha value is -2.57. The first kappa shape index (κ1) is 16.8. The molecule has 0 aliphatic heterocycles. The second-order valence-corrected chi connectivity index (χ2v) is 5.55. The van der Waals surface area contributed by atoms with Crippen LogP contribution in [0.15, 0.2) is 24.3 Å². The number of fused-ring (bicyclic) bond motifs is 1. The van der Waals surface area contributed by atoms with E-state index in [1.54, 1.807) is 0 Å². The number of carbonyl (C=O) groups excluding carboxylic acids is 3. The maximum Gasteiger partial charge on any atom is 0.328 e. The summed E-state index contributed by atoms with van der Waals surface area (Å²) in [4.78, 5) is 34.2. The van der Waals surface area contributed by atoms with Crippen molar-refractivity contribution >= 4 is 17.9 Å². The molecule has 1 aromatic rings. The molecule has 1 aliphatic rings. The Morgan fingerprint density at radius 2 is 2.09 bits per heavy atom. The summed E-state index contributed by atoms with van der Waals surface area (Å²) in [6.45, 7) is 1.05. The number of hydrogen-bond donors (Lipinski definition) is 3. The van der Waals surface area contributed by atoms with E-state index in [0.717, 1.165) is 24.8 Å². The van der Waals surface area contributed by atoms with E-state index in [1.165, 1.54) is 12.5 Å². The fourth-order valence-electron chi connectivity index (χ4n) is 2.67. The standard InChI is InChI=1S/C16H21N3O4/c1-10(18-16(17)22)15(21)23-9-14(20)19-13-8-4-6-11-5-2-3-7-12(11)13/h2-3,5,7,10,13H,4,6,8-9H2,1H3,(H,19,20)(H3,17,18,22)/t10-,13+/m0/s1. The first-order valence-corrected chi connectivity index (χ1v) is 7.57. The van der Waals surface area contributed by atoms with Crippen LogP contribution < -0.4 is 16.4 Å². The lowest BCUT2D eigenvalue weighted by Crippen LogP contribution is -2.43. The molecule has 3 amide bonds. The molecule has 0 unspecified atom stereocenters. The van der Waals surface area contributed by atoms with Crippen molar-refractivity contribution in [1.82, 2.24) is 10.6 Å². The number of urea groups is 1. The predicted octanol–water partition coefficient (Wildman–Crippen LogP) is 0.780. The third kappa shape index (κ3) is 4.70. The first-order chi connectivity index (χ1) is 11.0. The molecule has 7 heteroatoms. The summed E-state index contributed by atoms with van der Waals surface area (Å²) in [6, 6.07) is 6.22. The number of carbonyl (C=O) groups is 3. The minimum Gasteiger partial charge on any atom is -0.454 e. The highest BCUT2D eigenvalue weighted by atomic mass is 16.5. The van der Waals surface area contributed by atoms with Crippen LogP contribution in [0.4, 0.5) is 4.79 Å². The van der Waals surface area contributed by atoms with E-state index in [9.17, 15) is 14.4 Å². The molecule has 4 N–H and O–H groups in total. The molecular formula is C16H21N3O4. The molecule has 0 radical (unpaired) electrons. The first-order valence-electron chi connectivity index (χ1n) is 7.57. The van der Waals surface area contributed by atoms with Crippen molar-refractivity contribution < 1.29 is 19.1 Å². The van der Waals surface area contributed by atoms with Crippen molar-refractivity contribution in [2.24, 2.45) is 5.73 Å². The molecule has 1 aromatic carbocycles. The molecule has 0 fully saturated rings. The molecular weight excluding hydrogens is 298 g/mol. The van der Waals surface area contributed by atoms with Gasteiger partial charge in [-0.15, -0.1) is 0 Å². The molecule has 23 heavy (non-hydrogen) atoms. The third-order valence-corrected chi connectivity index (χ3v) is 3.76. The van der Waals surface area contributed by atoms with Gasteiger partial charge in [-0.05, 0) is 37.3 Å². The van der Waals surface area contributed by atoms with Crippen molar-refractivity contribution in [3.8, 4) is 0 Å². The SMILES string of the molecule is C[C@H](NC(N)=O)C(=O)OCC(=O)N[C@@H]1CCCc2ccccc21. The molecule has 7 nitrogen and oxygen atoms in total. The topological polar surface area (TPSA) is 111 Å². The van der Waals surface area contributed by atoms with Gasteiger partial charge in [-0.25, -0.2) is 9.59 Å². The van der Waals surface area contributed by atoms with E-state index in [0.29, 0.717) is 0 Å². The molecule has 0 heterocycles. The Labute approximate surface area is 134 Å². The Bertz CT molecular complexity index is 603. The van der Waals surface area contributed by atoms with Gasteiger partial charge in [0.05, 0.1) is 6.04 Å². The summed E-state index contributed by atoms with van der Waals surface area (Å²) in [5.74, 6) is -1.07. The van der Waals surface area contributed by atoms with E-state index in [4.69, 9.17) is 10.5 Å². The van der Waals surface area contributed by atoms with Crippen molar-refractivity contribution in [3.63, 3.8) is 0 Å². The lowest BCUT2D eigenvalue weighted by molar-refractivity contribution is -0.150. The number of nitrogens with two attached hydrogens (primary N) is 1. The van der Waals surface area contributed by atoms with E-state index < -0.39 is 18.0 Å². The average molecular weight is 319 g/mol. The summed E-state index contributed by atoms with van der Waals surface area (Å²) in [7, 11) is 0. The lowest BCUT2D eigenvalue weighted by Gasteiger charge is -2.26. The van der Waals surface area contributed by atoms with E-state index >= 15 is 0 Å². The van der Waals surface area contributed by atoms with Gasteiger partial charge in [0.1, 0.15) is 6.04 Å². The van der Waals surface area contributed by atoms with Crippen LogP contribution in [0, 0.1) is 0 Å². The highest BCUT2D eigenvalue weighted by Gasteiger charge is 2.22. The van der Waals surface area contributed by atoms with Crippen LogP contribution in [0.3, 0.4) is 0 Å². The highest BCUT2D eigenvalue weighted by molar-refractivity contribution is 5.85. The molecule has 0 aromatic heterocycles. The molecule has 0 saturated carbocycles. The number of esters is 1. The zero-order valence-electron chi connectivity index (χ0n) is 13.0. The summed E-state index contributed by atoms with van der Waals surface area (Å²) in [5, 5.41) is 5.08. The van der Waals surface area contributed by atoms with Crippen LogP contribution >= 0.6 is 0 Å². The quantitative estimate of drug-likeness (QED) is 0.696. The van der Waals surface area contributed by atoms with Crippen LogP contribution in [0.2, 0.25) is 0 Å². The van der Waals surface area contributed by atoms with E-state index in [2.05, 4.69) is 16.7 Å². The second-order valence-electron chi connectivity index (χ2n) is 5.55. The number of rotatable bonds is 5. The van der Waals surface area contributed by atoms with Crippen LogP contribution in [0.25, 0.3) is 0 Å². The fraction of sp³-hybridized carbons (Fsp3) is 0.438. The highest BCUT2D eigenvalue weighted by Crippen LogP contribution is 2.29. The van der Waals surface area contributed by atoms with Gasteiger partial charge in [0.2, 0.25) is 0 Å². The fourth-order valence-corrected chi connectivity index (χ4v) is 2.67. The Kier molecular flexibility index (Phi) is 5.56. The van der Waals surface area contributed by atoms with Crippen LogP contribution in [-0.2, 0) is 20.7 Å². The van der Waals surface area contributed by atoms with Crippen molar-refractivity contribution in [3.05, 3.63) is 35.4 Å². The van der Waals surface area contributed by atoms with Gasteiger partial charge in [-0.2, -0.15) is 0 Å². The zero-order valence-corrected chi connectivity index (χ0v) is 13.0. The smallest absolute Gasteiger partial charge is 0.328 e. The predicted molar refractivity (Wildman–Crippen MR) is 83.4 cm³/mol. The molecule has 0 spiro atoms. The minimum atomic E-state index is -0.893. The maximum atomic E-state index is 12.0. The number of nitrogens with one attached hydrogen (secondary N) is 2. The molecule has 2 rings (SSSR count). The van der Waals surface area contributed by atoms with Gasteiger partial charge in [0.15, 0.2) is 6.61 Å². The zero-order chi connectivity index (χ0) is 16.8. The molecule has 0 bridgehead atoms. The second kappa shape index (κ2) is 7.62. The summed E-state index contributed by atoms with van der Waals surface area (Å²) >= 11 is 0. The van der Waals surface area contributed by atoms with Crippen LogP contribution in [0.1, 0.15) is 36.9 Å². The van der Waals surface area contributed by atoms with Gasteiger partial charge >= 0.3 is 12.0 Å². The summed E-state index contributed by atoms with van der Waals surface area (Å²) in [5.41, 5.74) is 7.27. The number of amides is 3. The molecule has 2 atom stereocenters. The van der Waals surface area contributed by atoms with Gasteiger partial charge in [0, 0.05) is 0 Å². The molecule has 1 aliphatic carbocycles. The largest absolute Gasteiger partial charge is 0.454 e. The average Bonchev–Trinajstić information content (AvgIpc) is 2.52. The summed E-state index contributed by atoms with van der Waals surface area (Å²) < 4.78 is 4.87. The molecule has 0 saturated heterocycles. The van der Waals surface area contributed by atoms with Crippen molar-refractivity contribution in [2.75, 3.05) is 6.61 Å².